The molecule has 0 spiro atoms. The molecule has 0 heterocycles. The monoisotopic (exact) mass is 394 g/mol. The highest BCUT2D eigenvalue weighted by Gasteiger charge is 2.25. The van der Waals surface area contributed by atoms with Crippen LogP contribution in [0.1, 0.15) is 51.5 Å². The van der Waals surface area contributed by atoms with Gasteiger partial charge < -0.3 is 0 Å². The van der Waals surface area contributed by atoms with Gasteiger partial charge in [0.05, 0.1) is 10.6 Å². The van der Waals surface area contributed by atoms with Crippen LogP contribution in [-0.4, -0.2) is 0 Å². The van der Waals surface area contributed by atoms with Crippen molar-refractivity contribution in [1.82, 2.24) is 0 Å². The van der Waals surface area contributed by atoms with Crippen molar-refractivity contribution >= 4 is 11.6 Å². The highest BCUT2D eigenvalue weighted by Crippen LogP contribution is 2.37. The van der Waals surface area contributed by atoms with E-state index in [-0.39, 0.29) is 16.1 Å². The maximum Gasteiger partial charge on any atom is 0.142 e. The number of hydrogen-bond donors (Lipinski definition) is 0. The highest BCUT2D eigenvalue weighted by atomic mass is 35.5. The van der Waals surface area contributed by atoms with Gasteiger partial charge in [-0.15, -0.1) is 0 Å². The molecule has 1 aliphatic carbocycles. The minimum atomic E-state index is -0.687. The Kier molecular flexibility index (Phi) is 6.52. The van der Waals surface area contributed by atoms with E-state index in [2.05, 4.69) is 13.8 Å². The number of halogens is 4. The first-order valence-corrected chi connectivity index (χ1v) is 10.2. The Morgan fingerprint density at radius 3 is 2.15 bits per heavy atom. The van der Waals surface area contributed by atoms with E-state index < -0.39 is 17.5 Å². The standard InChI is InChI=1S/C23H26ClF3/c1-3-15-4-6-17(7-5-15)14(2)10-16-11-21(26)23(22(27)12-16)18-8-9-19(24)20(25)13-18/h8-9,11-15,17H,3-7,10H2,1-2H3. The van der Waals surface area contributed by atoms with Gasteiger partial charge in [-0.2, -0.15) is 0 Å². The van der Waals surface area contributed by atoms with Crippen LogP contribution in [0.25, 0.3) is 11.1 Å². The van der Waals surface area contributed by atoms with Crippen LogP contribution in [0.5, 0.6) is 0 Å². The van der Waals surface area contributed by atoms with Gasteiger partial charge in [0.1, 0.15) is 17.5 Å². The second kappa shape index (κ2) is 8.68. The van der Waals surface area contributed by atoms with E-state index in [0.717, 1.165) is 12.0 Å². The lowest BCUT2D eigenvalue weighted by Gasteiger charge is -2.32. The molecule has 0 aromatic heterocycles. The van der Waals surface area contributed by atoms with E-state index in [4.69, 9.17) is 11.6 Å². The summed E-state index contributed by atoms with van der Waals surface area (Å²) in [6.45, 7) is 4.42. The molecule has 0 amide bonds. The second-order valence-corrected chi connectivity index (χ2v) is 8.34. The molecule has 0 saturated heterocycles. The molecule has 3 rings (SSSR count). The van der Waals surface area contributed by atoms with E-state index in [9.17, 15) is 13.2 Å². The van der Waals surface area contributed by atoms with Crippen LogP contribution in [0.3, 0.4) is 0 Å². The summed E-state index contributed by atoms with van der Waals surface area (Å²) >= 11 is 5.66. The fourth-order valence-electron chi connectivity index (χ4n) is 4.37. The van der Waals surface area contributed by atoms with E-state index in [1.54, 1.807) is 0 Å². The molecule has 0 N–H and O–H groups in total. The van der Waals surface area contributed by atoms with Crippen molar-refractivity contribution in [2.45, 2.75) is 52.4 Å². The SMILES string of the molecule is CCC1CCC(C(C)Cc2cc(F)c(-c3ccc(Cl)c(F)c3)c(F)c2)CC1. The van der Waals surface area contributed by atoms with Gasteiger partial charge in [0.15, 0.2) is 0 Å². The third kappa shape index (κ3) is 4.68. The first-order chi connectivity index (χ1) is 12.9. The summed E-state index contributed by atoms with van der Waals surface area (Å²) < 4.78 is 42.9. The molecule has 27 heavy (non-hydrogen) atoms. The van der Waals surface area contributed by atoms with Gasteiger partial charge in [-0.25, -0.2) is 13.2 Å². The Morgan fingerprint density at radius 2 is 1.59 bits per heavy atom. The third-order valence-corrected chi connectivity index (χ3v) is 6.45. The summed E-state index contributed by atoms with van der Waals surface area (Å²) in [6.07, 6.45) is 6.82. The van der Waals surface area contributed by atoms with Gasteiger partial charge >= 0.3 is 0 Å². The van der Waals surface area contributed by atoms with Crippen LogP contribution < -0.4 is 0 Å². The zero-order valence-electron chi connectivity index (χ0n) is 15.9. The zero-order valence-corrected chi connectivity index (χ0v) is 16.6. The molecule has 0 nitrogen and oxygen atoms in total. The van der Waals surface area contributed by atoms with E-state index in [0.29, 0.717) is 23.8 Å². The predicted molar refractivity (Wildman–Crippen MR) is 105 cm³/mol. The second-order valence-electron chi connectivity index (χ2n) is 7.93. The van der Waals surface area contributed by atoms with Crippen molar-refractivity contribution in [2.75, 3.05) is 0 Å². The molecular weight excluding hydrogens is 369 g/mol. The molecule has 1 unspecified atom stereocenters. The lowest BCUT2D eigenvalue weighted by atomic mass is 9.74. The quantitative estimate of drug-likeness (QED) is 0.484. The van der Waals surface area contributed by atoms with Crippen LogP contribution in [0.4, 0.5) is 13.2 Å². The summed E-state index contributed by atoms with van der Waals surface area (Å²) in [5, 5.41) is -0.0668. The summed E-state index contributed by atoms with van der Waals surface area (Å²) in [6, 6.07) is 6.59. The molecule has 1 aliphatic rings. The summed E-state index contributed by atoms with van der Waals surface area (Å²) in [5.41, 5.74) is 0.614. The Hall–Kier alpha value is -1.48. The van der Waals surface area contributed by atoms with Crippen LogP contribution >= 0.6 is 11.6 Å². The molecule has 2 aromatic carbocycles. The predicted octanol–water partition coefficient (Wildman–Crippen LogP) is 7.82. The zero-order chi connectivity index (χ0) is 19.6. The summed E-state index contributed by atoms with van der Waals surface area (Å²) in [5.74, 6) is -0.164. The van der Waals surface area contributed by atoms with Crippen molar-refractivity contribution < 1.29 is 13.2 Å². The Bertz CT molecular complexity index is 771. The van der Waals surface area contributed by atoms with Gasteiger partial charge in [-0.1, -0.05) is 50.8 Å². The molecule has 1 atom stereocenters. The Morgan fingerprint density at radius 1 is 0.963 bits per heavy atom. The maximum absolute atomic E-state index is 14.6. The van der Waals surface area contributed by atoms with Crippen LogP contribution in [-0.2, 0) is 6.42 Å². The number of benzene rings is 2. The minimum Gasteiger partial charge on any atom is -0.206 e. The Labute approximate surface area is 164 Å². The lowest BCUT2D eigenvalue weighted by molar-refractivity contribution is 0.210. The van der Waals surface area contributed by atoms with Crippen LogP contribution in [0.15, 0.2) is 30.3 Å². The topological polar surface area (TPSA) is 0 Å². The largest absolute Gasteiger partial charge is 0.206 e. The van der Waals surface area contributed by atoms with E-state index >= 15 is 0 Å². The van der Waals surface area contributed by atoms with Gasteiger partial charge in [0.25, 0.3) is 0 Å². The number of rotatable bonds is 5. The van der Waals surface area contributed by atoms with Crippen molar-refractivity contribution in [3.05, 3.63) is 58.4 Å². The summed E-state index contributed by atoms with van der Waals surface area (Å²) in [4.78, 5) is 0. The summed E-state index contributed by atoms with van der Waals surface area (Å²) in [7, 11) is 0. The van der Waals surface area contributed by atoms with Crippen molar-refractivity contribution in [3.8, 4) is 11.1 Å². The lowest BCUT2D eigenvalue weighted by Crippen LogP contribution is -2.21. The smallest absolute Gasteiger partial charge is 0.142 e. The third-order valence-electron chi connectivity index (χ3n) is 6.14. The van der Waals surface area contributed by atoms with Crippen LogP contribution in [0, 0.1) is 35.2 Å². The Balaban J connectivity index is 1.75. The van der Waals surface area contributed by atoms with Crippen molar-refractivity contribution in [3.63, 3.8) is 0 Å². The van der Waals surface area contributed by atoms with Crippen LogP contribution in [0.2, 0.25) is 5.02 Å². The molecular formula is C23H26ClF3. The molecule has 0 bridgehead atoms. The van der Waals surface area contributed by atoms with E-state index in [1.807, 2.05) is 0 Å². The van der Waals surface area contributed by atoms with Crippen molar-refractivity contribution in [2.24, 2.45) is 17.8 Å². The average molecular weight is 395 g/mol. The first-order valence-electron chi connectivity index (χ1n) is 9.82. The van der Waals surface area contributed by atoms with Gasteiger partial charge in [0, 0.05) is 0 Å². The van der Waals surface area contributed by atoms with Gasteiger partial charge in [-0.05, 0) is 72.4 Å². The highest BCUT2D eigenvalue weighted by molar-refractivity contribution is 6.30. The fraction of sp³-hybridized carbons (Fsp3) is 0.478. The maximum atomic E-state index is 14.6. The number of hydrogen-bond acceptors (Lipinski definition) is 0. The molecule has 4 heteroatoms. The molecule has 1 fully saturated rings. The minimum absolute atomic E-state index is 0.0668. The molecule has 0 radical (unpaired) electrons. The van der Waals surface area contributed by atoms with E-state index in [1.165, 1.54) is 56.4 Å². The molecule has 2 aromatic rings. The molecule has 1 saturated carbocycles. The molecule has 146 valence electrons. The van der Waals surface area contributed by atoms with Gasteiger partial charge in [0.2, 0.25) is 0 Å². The average Bonchev–Trinajstić information content (AvgIpc) is 2.64. The first kappa shape index (κ1) is 20.3. The normalized spacial score (nSPS) is 21.3. The fourth-order valence-corrected chi connectivity index (χ4v) is 4.49. The van der Waals surface area contributed by atoms with Gasteiger partial charge in [-0.3, -0.25) is 0 Å². The molecule has 0 aliphatic heterocycles. The van der Waals surface area contributed by atoms with Crippen molar-refractivity contribution in [1.29, 1.82) is 0 Å².